The van der Waals surface area contributed by atoms with E-state index in [0.29, 0.717) is 13.1 Å². The number of aromatic nitrogens is 1. The number of carbonyl (C=O) groups is 1. The molecule has 2 heterocycles. The summed E-state index contributed by atoms with van der Waals surface area (Å²) in [5, 5.41) is 5.24. The third-order valence-corrected chi connectivity index (χ3v) is 4.89. The smallest absolute Gasteiger partial charge is 0.322 e. The van der Waals surface area contributed by atoms with Gasteiger partial charge < -0.3 is 15.0 Å². The summed E-state index contributed by atoms with van der Waals surface area (Å²) >= 11 is 0. The molecule has 1 N–H and O–H groups in total. The lowest BCUT2D eigenvalue weighted by molar-refractivity contribution is 0.0819. The van der Waals surface area contributed by atoms with Crippen LogP contribution in [0, 0.1) is 0 Å². The number of rotatable bonds is 5. The van der Waals surface area contributed by atoms with Crippen molar-refractivity contribution in [1.29, 1.82) is 0 Å². The Bertz CT molecular complexity index is 902. The Kier molecular flexibility index (Phi) is 5.30. The topological polar surface area (TPSA) is 54.5 Å². The van der Waals surface area contributed by atoms with Crippen LogP contribution in [0.5, 0.6) is 0 Å². The zero-order valence-corrected chi connectivity index (χ0v) is 15.2. The maximum Gasteiger partial charge on any atom is 0.322 e. The van der Waals surface area contributed by atoms with E-state index < -0.39 is 0 Å². The molecule has 138 valence electrons. The van der Waals surface area contributed by atoms with Crippen molar-refractivity contribution in [3.63, 3.8) is 0 Å². The number of hydrogen-bond donors (Lipinski definition) is 1. The highest BCUT2D eigenvalue weighted by Crippen LogP contribution is 2.24. The highest BCUT2D eigenvalue weighted by atomic mass is 16.5. The van der Waals surface area contributed by atoms with Crippen LogP contribution in [0.3, 0.4) is 0 Å². The first-order valence-electron chi connectivity index (χ1n) is 9.34. The normalized spacial score (nSPS) is 16.4. The van der Waals surface area contributed by atoms with E-state index in [4.69, 9.17) is 4.74 Å². The molecule has 1 fully saturated rings. The van der Waals surface area contributed by atoms with E-state index in [1.54, 1.807) is 12.4 Å². The van der Waals surface area contributed by atoms with Gasteiger partial charge in [0.05, 0.1) is 11.8 Å². The number of pyridine rings is 1. The number of anilines is 1. The molecule has 0 radical (unpaired) electrons. The van der Waals surface area contributed by atoms with Crippen LogP contribution >= 0.6 is 0 Å². The minimum atomic E-state index is -0.112. The molecule has 0 saturated carbocycles. The van der Waals surface area contributed by atoms with E-state index >= 15 is 0 Å². The van der Waals surface area contributed by atoms with Gasteiger partial charge in [-0.2, -0.15) is 0 Å². The van der Waals surface area contributed by atoms with Gasteiger partial charge in [-0.1, -0.05) is 36.4 Å². The van der Waals surface area contributed by atoms with E-state index in [1.807, 2.05) is 59.5 Å². The number of hydrogen-bond acceptors (Lipinski definition) is 3. The first-order valence-corrected chi connectivity index (χ1v) is 9.34. The average Bonchev–Trinajstić information content (AvgIpc) is 3.22. The van der Waals surface area contributed by atoms with Gasteiger partial charge in [-0.15, -0.1) is 0 Å². The van der Waals surface area contributed by atoms with E-state index in [9.17, 15) is 4.79 Å². The molecule has 1 aliphatic rings. The Morgan fingerprint density at radius 2 is 1.93 bits per heavy atom. The number of benzene rings is 2. The summed E-state index contributed by atoms with van der Waals surface area (Å²) < 4.78 is 5.76. The van der Waals surface area contributed by atoms with E-state index in [0.717, 1.165) is 41.5 Å². The number of amides is 2. The zero-order valence-electron chi connectivity index (χ0n) is 15.2. The van der Waals surface area contributed by atoms with Crippen molar-refractivity contribution in [2.24, 2.45) is 0 Å². The molecular weight excluding hydrogens is 338 g/mol. The van der Waals surface area contributed by atoms with Crippen molar-refractivity contribution >= 4 is 22.5 Å². The monoisotopic (exact) mass is 361 g/mol. The number of nitrogens with zero attached hydrogens (tertiary/aromatic N) is 2. The lowest BCUT2D eigenvalue weighted by atomic mass is 10.1. The predicted molar refractivity (Wildman–Crippen MR) is 107 cm³/mol. The summed E-state index contributed by atoms with van der Waals surface area (Å²) in [4.78, 5) is 19.0. The van der Waals surface area contributed by atoms with Gasteiger partial charge in [-0.3, -0.25) is 4.98 Å². The highest BCUT2D eigenvalue weighted by Gasteiger charge is 2.23. The maximum absolute atomic E-state index is 13.1. The first kappa shape index (κ1) is 17.5. The molecule has 1 atom stereocenters. The molecular formula is C22H23N3O2. The molecule has 1 aliphatic heterocycles. The summed E-state index contributed by atoms with van der Waals surface area (Å²) in [5.74, 6) is 0. The van der Waals surface area contributed by atoms with E-state index in [2.05, 4.69) is 10.3 Å². The fourth-order valence-electron chi connectivity index (χ4n) is 3.49. The number of carbonyl (C=O) groups excluding carboxylic acids is 1. The molecule has 0 aliphatic carbocycles. The van der Waals surface area contributed by atoms with Crippen molar-refractivity contribution in [3.8, 4) is 0 Å². The molecule has 1 aromatic heterocycles. The molecule has 0 spiro atoms. The standard InChI is InChI=1S/C22H23N3O2/c26-22(24-21-9-3-6-18-5-1-2-8-20(18)21)25(16-19-7-4-14-27-19)15-17-10-12-23-13-11-17/h1-3,5-6,8-13,19H,4,7,14-16H2,(H,24,26). The Hall–Kier alpha value is -2.92. The molecule has 2 amide bonds. The minimum absolute atomic E-state index is 0.102. The van der Waals surface area contributed by atoms with Crippen LogP contribution in [-0.4, -0.2) is 35.2 Å². The van der Waals surface area contributed by atoms with Gasteiger partial charge in [0.1, 0.15) is 0 Å². The van der Waals surface area contributed by atoms with Gasteiger partial charge >= 0.3 is 6.03 Å². The molecule has 5 nitrogen and oxygen atoms in total. The van der Waals surface area contributed by atoms with Gasteiger partial charge in [0, 0.05) is 37.5 Å². The molecule has 2 aromatic carbocycles. The largest absolute Gasteiger partial charge is 0.376 e. The van der Waals surface area contributed by atoms with Crippen LogP contribution in [0.1, 0.15) is 18.4 Å². The van der Waals surface area contributed by atoms with Crippen LogP contribution in [0.2, 0.25) is 0 Å². The van der Waals surface area contributed by atoms with Crippen LogP contribution in [0.15, 0.2) is 67.0 Å². The lowest BCUT2D eigenvalue weighted by Crippen LogP contribution is -2.39. The Labute approximate surface area is 159 Å². The van der Waals surface area contributed by atoms with Crippen molar-refractivity contribution in [3.05, 3.63) is 72.6 Å². The van der Waals surface area contributed by atoms with Gasteiger partial charge in [0.15, 0.2) is 0 Å². The number of urea groups is 1. The van der Waals surface area contributed by atoms with Crippen LogP contribution in [-0.2, 0) is 11.3 Å². The van der Waals surface area contributed by atoms with Gasteiger partial charge in [0.25, 0.3) is 0 Å². The predicted octanol–water partition coefficient (Wildman–Crippen LogP) is 4.45. The molecule has 5 heteroatoms. The number of nitrogens with one attached hydrogen (secondary N) is 1. The number of fused-ring (bicyclic) bond motifs is 1. The summed E-state index contributed by atoms with van der Waals surface area (Å²) in [6, 6.07) is 17.8. The number of ether oxygens (including phenoxy) is 1. The third kappa shape index (κ3) is 4.26. The minimum Gasteiger partial charge on any atom is -0.376 e. The second kappa shape index (κ2) is 8.18. The van der Waals surface area contributed by atoms with E-state index in [1.165, 1.54) is 0 Å². The summed E-state index contributed by atoms with van der Waals surface area (Å²) in [6.45, 7) is 1.89. The maximum atomic E-state index is 13.1. The average molecular weight is 361 g/mol. The summed E-state index contributed by atoms with van der Waals surface area (Å²) in [7, 11) is 0. The molecule has 1 saturated heterocycles. The van der Waals surface area contributed by atoms with Crippen LogP contribution in [0.4, 0.5) is 10.5 Å². The Morgan fingerprint density at radius 3 is 2.74 bits per heavy atom. The highest BCUT2D eigenvalue weighted by molar-refractivity contribution is 6.01. The second-order valence-corrected chi connectivity index (χ2v) is 6.83. The molecule has 0 bridgehead atoms. The lowest BCUT2D eigenvalue weighted by Gasteiger charge is -2.26. The second-order valence-electron chi connectivity index (χ2n) is 6.83. The third-order valence-electron chi connectivity index (χ3n) is 4.89. The van der Waals surface area contributed by atoms with Gasteiger partial charge in [-0.25, -0.2) is 4.79 Å². The fraction of sp³-hybridized carbons (Fsp3) is 0.273. The van der Waals surface area contributed by atoms with Crippen molar-refractivity contribution in [1.82, 2.24) is 9.88 Å². The summed E-state index contributed by atoms with van der Waals surface area (Å²) in [5.41, 5.74) is 1.88. The van der Waals surface area contributed by atoms with Gasteiger partial charge in [-0.05, 0) is 42.0 Å². The van der Waals surface area contributed by atoms with Crippen LogP contribution < -0.4 is 5.32 Å². The van der Waals surface area contributed by atoms with E-state index in [-0.39, 0.29) is 12.1 Å². The SMILES string of the molecule is O=C(Nc1cccc2ccccc12)N(Cc1ccncc1)CC1CCCO1. The van der Waals surface area contributed by atoms with Crippen molar-refractivity contribution in [2.75, 3.05) is 18.5 Å². The first-order chi connectivity index (χ1) is 13.3. The molecule has 27 heavy (non-hydrogen) atoms. The van der Waals surface area contributed by atoms with Crippen molar-refractivity contribution < 1.29 is 9.53 Å². The molecule has 3 aromatic rings. The summed E-state index contributed by atoms with van der Waals surface area (Å²) in [6.07, 6.45) is 5.66. The Balaban J connectivity index is 1.55. The Morgan fingerprint density at radius 1 is 1.11 bits per heavy atom. The quantitative estimate of drug-likeness (QED) is 0.730. The van der Waals surface area contributed by atoms with Crippen LogP contribution in [0.25, 0.3) is 10.8 Å². The van der Waals surface area contributed by atoms with Crippen molar-refractivity contribution in [2.45, 2.75) is 25.5 Å². The van der Waals surface area contributed by atoms with Gasteiger partial charge in [0.2, 0.25) is 0 Å². The fourth-order valence-corrected chi connectivity index (χ4v) is 3.49. The molecule has 4 rings (SSSR count). The molecule has 1 unspecified atom stereocenters. The zero-order chi connectivity index (χ0) is 18.5.